The number of nitrogens with zero attached hydrogens (tertiary/aromatic N) is 1. The molecule has 0 fully saturated rings. The van der Waals surface area contributed by atoms with Crippen LogP contribution in [0.2, 0.25) is 0 Å². The van der Waals surface area contributed by atoms with Crippen LogP contribution >= 0.6 is 0 Å². The molecule has 0 saturated heterocycles. The fourth-order valence-corrected chi connectivity index (χ4v) is 1.98. The third kappa shape index (κ3) is 3.26. The number of aromatic amines is 1. The van der Waals surface area contributed by atoms with Gasteiger partial charge in [-0.2, -0.15) is 5.10 Å². The minimum absolute atomic E-state index is 0.101. The smallest absolute Gasteiger partial charge is 0.0695 e. The van der Waals surface area contributed by atoms with E-state index in [1.54, 1.807) is 0 Å². The summed E-state index contributed by atoms with van der Waals surface area (Å²) in [4.78, 5) is 0. The average Bonchev–Trinajstić information content (AvgIpc) is 2.88. The topological polar surface area (TPSA) is 60.9 Å². The van der Waals surface area contributed by atoms with Crippen LogP contribution in [0.4, 0.5) is 0 Å². The van der Waals surface area contributed by atoms with E-state index in [1.807, 2.05) is 20.0 Å². The maximum Gasteiger partial charge on any atom is 0.0695 e. The first-order chi connectivity index (χ1) is 9.43. The van der Waals surface area contributed by atoms with Crippen LogP contribution in [0.1, 0.15) is 30.5 Å². The van der Waals surface area contributed by atoms with Crippen molar-refractivity contribution < 1.29 is 5.11 Å². The molecule has 0 aliphatic rings. The summed E-state index contributed by atoms with van der Waals surface area (Å²) >= 11 is 0. The molecular formula is C16H23N3O. The molecule has 0 radical (unpaired) electrons. The number of aliphatic hydroxyl groups is 1. The lowest BCUT2D eigenvalue weighted by Crippen LogP contribution is -2.42. The van der Waals surface area contributed by atoms with Crippen LogP contribution in [0.15, 0.2) is 24.4 Å². The first kappa shape index (κ1) is 14.8. The molecule has 0 amide bonds. The van der Waals surface area contributed by atoms with Crippen molar-refractivity contribution in [2.75, 3.05) is 6.61 Å². The molecule has 1 aromatic carbocycles. The Balaban J connectivity index is 2.22. The number of H-pyrrole nitrogens is 1. The zero-order chi connectivity index (χ0) is 14.8. The molecule has 20 heavy (non-hydrogen) atoms. The second kappa shape index (κ2) is 5.77. The van der Waals surface area contributed by atoms with E-state index >= 15 is 0 Å². The lowest BCUT2D eigenvalue weighted by atomic mass is 10.0. The lowest BCUT2D eigenvalue weighted by molar-refractivity contribution is 0.187. The van der Waals surface area contributed by atoms with Crippen LogP contribution in [0, 0.1) is 13.8 Å². The summed E-state index contributed by atoms with van der Waals surface area (Å²) < 4.78 is 0. The maximum atomic E-state index is 9.29. The normalized spacial score (nSPS) is 11.8. The molecule has 0 saturated carbocycles. The van der Waals surface area contributed by atoms with Gasteiger partial charge in [-0.1, -0.05) is 12.1 Å². The Bertz CT molecular complexity index is 587. The molecular weight excluding hydrogens is 250 g/mol. The summed E-state index contributed by atoms with van der Waals surface area (Å²) in [5, 5.41) is 19.8. The molecule has 0 unspecified atom stereocenters. The molecule has 2 rings (SSSR count). The van der Waals surface area contributed by atoms with Crippen molar-refractivity contribution in [1.82, 2.24) is 15.5 Å². The highest BCUT2D eigenvalue weighted by atomic mass is 16.3. The second-order valence-corrected chi connectivity index (χ2v) is 5.96. The van der Waals surface area contributed by atoms with Crippen LogP contribution in [-0.4, -0.2) is 27.4 Å². The molecule has 0 aliphatic heterocycles. The number of aromatic nitrogens is 2. The summed E-state index contributed by atoms with van der Waals surface area (Å²) in [5.41, 5.74) is 5.55. The second-order valence-electron chi connectivity index (χ2n) is 5.96. The van der Waals surface area contributed by atoms with Gasteiger partial charge in [0.2, 0.25) is 0 Å². The third-order valence-electron chi connectivity index (χ3n) is 3.67. The van der Waals surface area contributed by atoms with E-state index in [2.05, 4.69) is 47.6 Å². The van der Waals surface area contributed by atoms with Crippen molar-refractivity contribution in [2.45, 2.75) is 39.8 Å². The Labute approximate surface area is 120 Å². The van der Waals surface area contributed by atoms with Crippen molar-refractivity contribution >= 4 is 0 Å². The largest absolute Gasteiger partial charge is 0.394 e. The van der Waals surface area contributed by atoms with E-state index in [9.17, 15) is 5.11 Å². The number of aryl methyl sites for hydroxylation is 2. The molecule has 0 atom stereocenters. The van der Waals surface area contributed by atoms with Crippen molar-refractivity contribution in [2.24, 2.45) is 0 Å². The Morgan fingerprint density at radius 1 is 1.25 bits per heavy atom. The predicted molar refractivity (Wildman–Crippen MR) is 81.5 cm³/mol. The average molecular weight is 273 g/mol. The van der Waals surface area contributed by atoms with Gasteiger partial charge in [0.15, 0.2) is 0 Å². The number of hydrogen-bond donors (Lipinski definition) is 3. The van der Waals surface area contributed by atoms with E-state index in [-0.39, 0.29) is 12.1 Å². The molecule has 3 N–H and O–H groups in total. The summed E-state index contributed by atoms with van der Waals surface area (Å²) in [6.07, 6.45) is 1.84. The third-order valence-corrected chi connectivity index (χ3v) is 3.67. The Hall–Kier alpha value is -1.65. The van der Waals surface area contributed by atoms with E-state index in [4.69, 9.17) is 0 Å². The Morgan fingerprint density at radius 2 is 2.00 bits per heavy atom. The van der Waals surface area contributed by atoms with Crippen molar-refractivity contribution in [3.8, 4) is 11.3 Å². The number of aliphatic hydroxyl groups excluding tert-OH is 1. The number of hydrogen-bond acceptors (Lipinski definition) is 3. The molecule has 1 heterocycles. The van der Waals surface area contributed by atoms with Crippen molar-refractivity contribution in [3.05, 3.63) is 41.1 Å². The lowest BCUT2D eigenvalue weighted by Gasteiger charge is -2.23. The number of rotatable bonds is 5. The first-order valence-corrected chi connectivity index (χ1v) is 6.89. The molecule has 4 nitrogen and oxygen atoms in total. The van der Waals surface area contributed by atoms with Gasteiger partial charge < -0.3 is 10.4 Å². The number of benzene rings is 1. The maximum absolute atomic E-state index is 9.29. The van der Waals surface area contributed by atoms with Gasteiger partial charge >= 0.3 is 0 Å². The summed E-state index contributed by atoms with van der Waals surface area (Å²) in [6, 6.07) is 6.40. The highest BCUT2D eigenvalue weighted by molar-refractivity contribution is 5.64. The predicted octanol–water partition coefficient (Wildman–Crippen LogP) is 2.55. The van der Waals surface area contributed by atoms with Gasteiger partial charge in [-0.3, -0.25) is 5.10 Å². The van der Waals surface area contributed by atoms with Gasteiger partial charge in [0.05, 0.1) is 18.5 Å². The molecule has 0 spiro atoms. The van der Waals surface area contributed by atoms with Gasteiger partial charge in [0.25, 0.3) is 0 Å². The van der Waals surface area contributed by atoms with E-state index in [0.29, 0.717) is 6.54 Å². The minimum atomic E-state index is -0.294. The van der Waals surface area contributed by atoms with Crippen molar-refractivity contribution in [1.29, 1.82) is 0 Å². The summed E-state index contributed by atoms with van der Waals surface area (Å²) in [6.45, 7) is 8.95. The fraction of sp³-hybridized carbons (Fsp3) is 0.438. The van der Waals surface area contributed by atoms with E-state index in [1.165, 1.54) is 11.1 Å². The summed E-state index contributed by atoms with van der Waals surface area (Å²) in [5.74, 6) is 0. The molecule has 1 aromatic heterocycles. The van der Waals surface area contributed by atoms with Gasteiger partial charge in [-0.05, 0) is 44.9 Å². The SMILES string of the molecule is Cc1ccc(-c2[nH]ncc2CNC(C)(C)CO)cc1C. The number of nitrogens with one attached hydrogen (secondary N) is 2. The van der Waals surface area contributed by atoms with E-state index in [0.717, 1.165) is 16.8 Å². The fourth-order valence-electron chi connectivity index (χ4n) is 1.98. The monoisotopic (exact) mass is 273 g/mol. The highest BCUT2D eigenvalue weighted by Gasteiger charge is 2.17. The van der Waals surface area contributed by atoms with Gasteiger partial charge in [0.1, 0.15) is 0 Å². The van der Waals surface area contributed by atoms with Crippen LogP contribution < -0.4 is 5.32 Å². The zero-order valence-corrected chi connectivity index (χ0v) is 12.6. The van der Waals surface area contributed by atoms with Crippen molar-refractivity contribution in [3.63, 3.8) is 0 Å². The molecule has 0 aliphatic carbocycles. The Kier molecular flexibility index (Phi) is 4.26. The van der Waals surface area contributed by atoms with Crippen LogP contribution in [0.3, 0.4) is 0 Å². The molecule has 4 heteroatoms. The highest BCUT2D eigenvalue weighted by Crippen LogP contribution is 2.23. The molecule has 2 aromatic rings. The van der Waals surface area contributed by atoms with Crippen LogP contribution in [0.5, 0.6) is 0 Å². The zero-order valence-electron chi connectivity index (χ0n) is 12.6. The van der Waals surface area contributed by atoms with Crippen LogP contribution in [-0.2, 0) is 6.54 Å². The van der Waals surface area contributed by atoms with Crippen LogP contribution in [0.25, 0.3) is 11.3 Å². The van der Waals surface area contributed by atoms with Gasteiger partial charge in [-0.15, -0.1) is 0 Å². The first-order valence-electron chi connectivity index (χ1n) is 6.89. The standard InChI is InChI=1S/C16H23N3O/c1-11-5-6-13(7-12(11)2)15-14(9-18-19-15)8-17-16(3,4)10-20/h5-7,9,17,20H,8,10H2,1-4H3,(H,18,19). The van der Waals surface area contributed by atoms with Gasteiger partial charge in [-0.25, -0.2) is 0 Å². The summed E-state index contributed by atoms with van der Waals surface area (Å²) in [7, 11) is 0. The molecule has 0 bridgehead atoms. The Morgan fingerprint density at radius 3 is 2.65 bits per heavy atom. The quantitative estimate of drug-likeness (QED) is 0.784. The van der Waals surface area contributed by atoms with E-state index < -0.39 is 0 Å². The molecule has 108 valence electrons. The van der Waals surface area contributed by atoms with Gasteiger partial charge in [0, 0.05) is 23.2 Å². The minimum Gasteiger partial charge on any atom is -0.394 e.